The second kappa shape index (κ2) is 13.6. The largest absolute Gasteiger partial charge is 0.354 e. The standard InChI is InChI=1S/C27H34N4O2S/c28-16-7-12-22-13-14-23(34-22)15-17-30-27(33)25(19-21-10-5-2-6-11-21)31-26(32)24(29)18-20-8-3-1-4-9-20/h1-6,8-11,13-14,24-25H,7,12,15-19,28-29H2,(H,30,33)(H,31,32)/t24-,25-/m0/s1. The first-order valence-electron chi connectivity index (χ1n) is 11.7. The topological polar surface area (TPSA) is 110 Å². The Bertz CT molecular complexity index is 1020. The Hall–Kier alpha value is -3.00. The minimum absolute atomic E-state index is 0.205. The zero-order chi connectivity index (χ0) is 24.2. The van der Waals surface area contributed by atoms with Crippen molar-refractivity contribution in [1.82, 2.24) is 10.6 Å². The Morgan fingerprint density at radius 1 is 0.794 bits per heavy atom. The molecule has 180 valence electrons. The van der Waals surface area contributed by atoms with Gasteiger partial charge >= 0.3 is 0 Å². The fourth-order valence-electron chi connectivity index (χ4n) is 3.70. The molecule has 0 aliphatic carbocycles. The van der Waals surface area contributed by atoms with Gasteiger partial charge in [-0.05, 0) is 55.5 Å². The van der Waals surface area contributed by atoms with Gasteiger partial charge in [0.2, 0.25) is 11.8 Å². The molecular formula is C27H34N4O2S. The molecule has 3 rings (SSSR count). The van der Waals surface area contributed by atoms with E-state index in [0.29, 0.717) is 25.9 Å². The molecule has 0 radical (unpaired) electrons. The van der Waals surface area contributed by atoms with Gasteiger partial charge in [-0.15, -0.1) is 11.3 Å². The summed E-state index contributed by atoms with van der Waals surface area (Å²) in [7, 11) is 0. The summed E-state index contributed by atoms with van der Waals surface area (Å²) in [4.78, 5) is 28.4. The summed E-state index contributed by atoms with van der Waals surface area (Å²) in [6, 6.07) is 22.1. The van der Waals surface area contributed by atoms with Crippen molar-refractivity contribution in [2.45, 2.75) is 44.2 Å². The molecule has 0 saturated carbocycles. The van der Waals surface area contributed by atoms with Crippen LogP contribution < -0.4 is 22.1 Å². The zero-order valence-corrected chi connectivity index (χ0v) is 20.2. The molecule has 2 amide bonds. The summed E-state index contributed by atoms with van der Waals surface area (Å²) < 4.78 is 0. The van der Waals surface area contributed by atoms with Crippen molar-refractivity contribution in [3.63, 3.8) is 0 Å². The van der Waals surface area contributed by atoms with Gasteiger partial charge in [0, 0.05) is 22.7 Å². The van der Waals surface area contributed by atoms with E-state index < -0.39 is 12.1 Å². The van der Waals surface area contributed by atoms with Crippen LogP contribution in [0.15, 0.2) is 72.8 Å². The number of aryl methyl sites for hydroxylation is 1. The highest BCUT2D eigenvalue weighted by atomic mass is 32.1. The van der Waals surface area contributed by atoms with Crippen molar-refractivity contribution in [3.05, 3.63) is 93.7 Å². The van der Waals surface area contributed by atoms with Gasteiger partial charge < -0.3 is 22.1 Å². The predicted octanol–water partition coefficient (Wildman–Crippen LogP) is 2.60. The van der Waals surface area contributed by atoms with Crippen molar-refractivity contribution in [2.24, 2.45) is 11.5 Å². The summed E-state index contributed by atoms with van der Waals surface area (Å²) >= 11 is 1.76. The van der Waals surface area contributed by atoms with Crippen LogP contribution in [0.5, 0.6) is 0 Å². The van der Waals surface area contributed by atoms with Crippen molar-refractivity contribution >= 4 is 23.2 Å². The number of thiophene rings is 1. The van der Waals surface area contributed by atoms with E-state index in [1.807, 2.05) is 60.7 Å². The minimum atomic E-state index is -0.730. The monoisotopic (exact) mass is 478 g/mol. The first kappa shape index (κ1) is 25.6. The summed E-state index contributed by atoms with van der Waals surface area (Å²) in [5, 5.41) is 5.87. The molecule has 3 aromatic rings. The van der Waals surface area contributed by atoms with Crippen molar-refractivity contribution in [1.29, 1.82) is 0 Å². The molecule has 0 bridgehead atoms. The third-order valence-corrected chi connectivity index (χ3v) is 6.77. The van der Waals surface area contributed by atoms with Crippen LogP contribution in [0.25, 0.3) is 0 Å². The van der Waals surface area contributed by atoms with Gasteiger partial charge in [0.15, 0.2) is 0 Å². The van der Waals surface area contributed by atoms with Gasteiger partial charge in [0.1, 0.15) is 6.04 Å². The number of rotatable bonds is 13. The molecule has 0 fully saturated rings. The van der Waals surface area contributed by atoms with Gasteiger partial charge in [-0.25, -0.2) is 0 Å². The third kappa shape index (κ3) is 8.41. The Morgan fingerprint density at radius 3 is 2.00 bits per heavy atom. The zero-order valence-electron chi connectivity index (χ0n) is 19.4. The van der Waals surface area contributed by atoms with E-state index in [4.69, 9.17) is 11.5 Å². The molecule has 0 saturated heterocycles. The van der Waals surface area contributed by atoms with Crippen molar-refractivity contribution < 1.29 is 9.59 Å². The van der Waals surface area contributed by atoms with E-state index in [-0.39, 0.29) is 11.8 Å². The quantitative estimate of drug-likeness (QED) is 0.303. The number of benzene rings is 2. The molecule has 1 aromatic heterocycles. The van der Waals surface area contributed by atoms with Crippen LogP contribution in [0, 0.1) is 0 Å². The summed E-state index contributed by atoms with van der Waals surface area (Å²) in [6.07, 6.45) is 3.53. The molecule has 0 spiro atoms. The summed E-state index contributed by atoms with van der Waals surface area (Å²) in [6.45, 7) is 1.19. The maximum Gasteiger partial charge on any atom is 0.242 e. The van der Waals surface area contributed by atoms with E-state index >= 15 is 0 Å². The fourth-order valence-corrected chi connectivity index (χ4v) is 4.76. The molecule has 6 N–H and O–H groups in total. The van der Waals surface area contributed by atoms with Crippen LogP contribution >= 0.6 is 11.3 Å². The molecule has 2 aromatic carbocycles. The third-order valence-electron chi connectivity index (χ3n) is 5.57. The maximum atomic E-state index is 13.0. The second-order valence-electron chi connectivity index (χ2n) is 8.35. The van der Waals surface area contributed by atoms with E-state index in [1.165, 1.54) is 9.75 Å². The summed E-state index contributed by atoms with van der Waals surface area (Å²) in [5.41, 5.74) is 13.7. The molecule has 0 aliphatic rings. The Kier molecular flexibility index (Phi) is 10.3. The van der Waals surface area contributed by atoms with Crippen LogP contribution in [-0.4, -0.2) is 37.0 Å². The van der Waals surface area contributed by atoms with Crippen LogP contribution in [0.4, 0.5) is 0 Å². The molecule has 0 unspecified atom stereocenters. The fraction of sp³-hybridized carbons (Fsp3) is 0.333. The predicted molar refractivity (Wildman–Crippen MR) is 139 cm³/mol. The lowest BCUT2D eigenvalue weighted by Gasteiger charge is -2.21. The number of hydrogen-bond donors (Lipinski definition) is 4. The SMILES string of the molecule is NCCCc1ccc(CCNC(=O)[C@H](Cc2ccccc2)NC(=O)[C@@H](N)Cc2ccccc2)s1. The Balaban J connectivity index is 1.57. The van der Waals surface area contributed by atoms with Gasteiger partial charge in [-0.2, -0.15) is 0 Å². The average molecular weight is 479 g/mol. The van der Waals surface area contributed by atoms with E-state index in [2.05, 4.69) is 22.8 Å². The number of nitrogens with one attached hydrogen (secondary N) is 2. The van der Waals surface area contributed by atoms with Gasteiger partial charge in [0.25, 0.3) is 0 Å². The molecule has 2 atom stereocenters. The molecule has 34 heavy (non-hydrogen) atoms. The number of amides is 2. The Morgan fingerprint density at radius 2 is 1.38 bits per heavy atom. The molecule has 1 heterocycles. The first-order valence-corrected chi connectivity index (χ1v) is 12.6. The molecular weight excluding hydrogens is 444 g/mol. The van der Waals surface area contributed by atoms with E-state index in [1.54, 1.807) is 11.3 Å². The number of hydrogen-bond acceptors (Lipinski definition) is 5. The smallest absolute Gasteiger partial charge is 0.242 e. The number of nitrogens with two attached hydrogens (primary N) is 2. The van der Waals surface area contributed by atoms with Crippen LogP contribution in [-0.2, 0) is 35.3 Å². The highest BCUT2D eigenvalue weighted by Crippen LogP contribution is 2.18. The van der Waals surface area contributed by atoms with E-state index in [0.717, 1.165) is 30.4 Å². The van der Waals surface area contributed by atoms with Crippen molar-refractivity contribution in [2.75, 3.05) is 13.1 Å². The van der Waals surface area contributed by atoms with Gasteiger partial charge in [-0.3, -0.25) is 9.59 Å². The molecule has 6 nitrogen and oxygen atoms in total. The first-order chi connectivity index (χ1) is 16.5. The van der Waals surface area contributed by atoms with Crippen LogP contribution in [0.1, 0.15) is 27.3 Å². The molecule has 7 heteroatoms. The number of carbonyl (C=O) groups is 2. The van der Waals surface area contributed by atoms with Gasteiger partial charge in [-0.1, -0.05) is 60.7 Å². The van der Waals surface area contributed by atoms with Crippen LogP contribution in [0.3, 0.4) is 0 Å². The van der Waals surface area contributed by atoms with Gasteiger partial charge in [0.05, 0.1) is 6.04 Å². The van der Waals surface area contributed by atoms with Crippen LogP contribution in [0.2, 0.25) is 0 Å². The Labute approximate surface area is 205 Å². The average Bonchev–Trinajstić information content (AvgIpc) is 3.31. The van der Waals surface area contributed by atoms with E-state index in [9.17, 15) is 9.59 Å². The number of carbonyl (C=O) groups excluding carboxylic acids is 2. The highest BCUT2D eigenvalue weighted by molar-refractivity contribution is 7.12. The normalized spacial score (nSPS) is 12.6. The lowest BCUT2D eigenvalue weighted by molar-refractivity contribution is -0.129. The molecule has 0 aliphatic heterocycles. The van der Waals surface area contributed by atoms with Crippen molar-refractivity contribution in [3.8, 4) is 0 Å². The lowest BCUT2D eigenvalue weighted by Crippen LogP contribution is -2.53. The second-order valence-corrected chi connectivity index (χ2v) is 9.60. The summed E-state index contributed by atoms with van der Waals surface area (Å²) in [5.74, 6) is -0.535. The minimum Gasteiger partial charge on any atom is -0.354 e. The maximum absolute atomic E-state index is 13.0. The lowest BCUT2D eigenvalue weighted by atomic mass is 10.0. The highest BCUT2D eigenvalue weighted by Gasteiger charge is 2.24.